The monoisotopic (exact) mass is 337 g/mol. The predicted octanol–water partition coefficient (Wildman–Crippen LogP) is 2.71. The van der Waals surface area contributed by atoms with Crippen molar-refractivity contribution in [3.63, 3.8) is 0 Å². The fraction of sp³-hybridized carbons (Fsp3) is 0.211. The van der Waals surface area contributed by atoms with Gasteiger partial charge in [-0.3, -0.25) is 9.20 Å². The molecule has 6 nitrogen and oxygen atoms in total. The van der Waals surface area contributed by atoms with E-state index in [4.69, 9.17) is 4.74 Å². The zero-order chi connectivity index (χ0) is 18.0. The number of hydrogen-bond donors (Lipinski definition) is 1. The number of benzene rings is 1. The highest BCUT2D eigenvalue weighted by Crippen LogP contribution is 2.21. The molecule has 0 aliphatic carbocycles. The summed E-state index contributed by atoms with van der Waals surface area (Å²) in [6, 6.07) is 10.7. The fourth-order valence-corrected chi connectivity index (χ4v) is 2.72. The number of pyridine rings is 1. The Morgan fingerprint density at radius 2 is 2.04 bits per heavy atom. The zero-order valence-corrected chi connectivity index (χ0v) is 14.4. The summed E-state index contributed by atoms with van der Waals surface area (Å²) in [4.78, 5) is 28.7. The van der Waals surface area contributed by atoms with Gasteiger partial charge in [-0.25, -0.2) is 9.78 Å². The molecule has 0 aliphatic rings. The van der Waals surface area contributed by atoms with Gasteiger partial charge in [-0.15, -0.1) is 0 Å². The lowest BCUT2D eigenvalue weighted by Crippen LogP contribution is -2.17. The molecule has 25 heavy (non-hydrogen) atoms. The van der Waals surface area contributed by atoms with Gasteiger partial charge in [0.1, 0.15) is 5.65 Å². The minimum Gasteiger partial charge on any atom is -0.465 e. The smallest absolute Gasteiger partial charge is 0.340 e. The number of nitrogens with zero attached hydrogens (tertiary/aromatic N) is 2. The maximum atomic E-state index is 12.3. The van der Waals surface area contributed by atoms with Gasteiger partial charge >= 0.3 is 5.97 Å². The molecule has 0 unspecified atom stereocenters. The third kappa shape index (κ3) is 3.38. The average molecular weight is 337 g/mol. The van der Waals surface area contributed by atoms with Crippen molar-refractivity contribution in [1.82, 2.24) is 9.38 Å². The first-order valence-electron chi connectivity index (χ1n) is 7.90. The molecule has 0 amide bonds. The molecule has 2 aromatic heterocycles. The summed E-state index contributed by atoms with van der Waals surface area (Å²) in [5, 5.41) is 3.18. The molecule has 0 bridgehead atoms. The van der Waals surface area contributed by atoms with Crippen LogP contribution in [0.25, 0.3) is 5.65 Å². The number of methoxy groups -OCH3 is 1. The van der Waals surface area contributed by atoms with Gasteiger partial charge in [0.05, 0.1) is 24.9 Å². The van der Waals surface area contributed by atoms with Crippen LogP contribution in [-0.2, 0) is 11.3 Å². The number of hydrogen-bond acceptors (Lipinski definition) is 5. The van der Waals surface area contributed by atoms with Crippen molar-refractivity contribution in [1.29, 1.82) is 0 Å². The Hall–Kier alpha value is -3.15. The van der Waals surface area contributed by atoms with Crippen LogP contribution in [-0.4, -0.2) is 22.5 Å². The van der Waals surface area contributed by atoms with Crippen LogP contribution in [0.1, 0.15) is 27.2 Å². The molecule has 0 radical (unpaired) electrons. The van der Waals surface area contributed by atoms with E-state index in [1.54, 1.807) is 12.3 Å². The first-order valence-corrected chi connectivity index (χ1v) is 7.90. The number of nitrogens with one attached hydrogen (secondary N) is 1. The van der Waals surface area contributed by atoms with Crippen LogP contribution < -0.4 is 10.9 Å². The Morgan fingerprint density at radius 1 is 1.24 bits per heavy atom. The third-order valence-electron chi connectivity index (χ3n) is 3.98. The summed E-state index contributed by atoms with van der Waals surface area (Å²) in [5.74, 6) is -0.400. The summed E-state index contributed by atoms with van der Waals surface area (Å²) in [5.41, 5.74) is 4.00. The number of aryl methyl sites for hydroxylation is 2. The van der Waals surface area contributed by atoms with Crippen molar-refractivity contribution >= 4 is 17.3 Å². The summed E-state index contributed by atoms with van der Waals surface area (Å²) >= 11 is 0. The van der Waals surface area contributed by atoms with Gasteiger partial charge in [-0.1, -0.05) is 18.2 Å². The van der Waals surface area contributed by atoms with Gasteiger partial charge in [0.15, 0.2) is 0 Å². The Kier molecular flexibility index (Phi) is 4.52. The second-order valence-corrected chi connectivity index (χ2v) is 5.86. The molecular formula is C19H19N3O3. The lowest BCUT2D eigenvalue weighted by Gasteiger charge is -2.13. The molecule has 1 aromatic carbocycles. The first kappa shape index (κ1) is 16.7. The van der Waals surface area contributed by atoms with Crippen LogP contribution in [0.4, 0.5) is 5.69 Å². The summed E-state index contributed by atoms with van der Waals surface area (Å²) in [7, 11) is 1.35. The molecule has 0 saturated carbocycles. The highest BCUT2D eigenvalue weighted by Gasteiger charge is 2.14. The Bertz CT molecular complexity index is 1010. The van der Waals surface area contributed by atoms with Crippen LogP contribution in [0.5, 0.6) is 0 Å². The van der Waals surface area contributed by atoms with Crippen molar-refractivity contribution in [2.45, 2.75) is 20.4 Å². The number of esters is 1. The number of aromatic nitrogens is 2. The quantitative estimate of drug-likeness (QED) is 0.741. The van der Waals surface area contributed by atoms with Gasteiger partial charge in [-0.05, 0) is 37.1 Å². The second-order valence-electron chi connectivity index (χ2n) is 5.86. The van der Waals surface area contributed by atoms with Crippen molar-refractivity contribution in [3.8, 4) is 0 Å². The van der Waals surface area contributed by atoms with Gasteiger partial charge in [0, 0.05) is 18.0 Å². The van der Waals surface area contributed by atoms with Crippen molar-refractivity contribution in [3.05, 3.63) is 75.3 Å². The molecular weight excluding hydrogens is 318 g/mol. The Labute approximate surface area is 145 Å². The number of rotatable bonds is 4. The van der Waals surface area contributed by atoms with E-state index in [0.29, 0.717) is 29.1 Å². The Balaban J connectivity index is 1.91. The largest absolute Gasteiger partial charge is 0.465 e. The van der Waals surface area contributed by atoms with Crippen molar-refractivity contribution < 1.29 is 9.53 Å². The topological polar surface area (TPSA) is 72.7 Å². The van der Waals surface area contributed by atoms with E-state index < -0.39 is 5.97 Å². The minimum absolute atomic E-state index is 0.136. The summed E-state index contributed by atoms with van der Waals surface area (Å²) < 4.78 is 6.37. The van der Waals surface area contributed by atoms with Gasteiger partial charge in [-0.2, -0.15) is 0 Å². The van der Waals surface area contributed by atoms with E-state index in [2.05, 4.69) is 10.3 Å². The molecule has 128 valence electrons. The van der Waals surface area contributed by atoms with Crippen LogP contribution in [0.2, 0.25) is 0 Å². The van der Waals surface area contributed by atoms with Crippen molar-refractivity contribution in [2.75, 3.05) is 12.4 Å². The second kappa shape index (κ2) is 6.76. The molecule has 3 rings (SSSR count). The van der Waals surface area contributed by atoms with E-state index in [0.717, 1.165) is 11.1 Å². The van der Waals surface area contributed by atoms with E-state index in [1.807, 2.05) is 38.1 Å². The van der Waals surface area contributed by atoms with Crippen LogP contribution in [0.3, 0.4) is 0 Å². The highest BCUT2D eigenvalue weighted by atomic mass is 16.5. The molecule has 0 aliphatic heterocycles. The molecule has 6 heteroatoms. The third-order valence-corrected chi connectivity index (χ3v) is 3.98. The van der Waals surface area contributed by atoms with Gasteiger partial charge < -0.3 is 10.1 Å². The van der Waals surface area contributed by atoms with E-state index in [1.165, 1.54) is 17.6 Å². The van der Waals surface area contributed by atoms with E-state index in [9.17, 15) is 9.59 Å². The van der Waals surface area contributed by atoms with Gasteiger partial charge in [0.2, 0.25) is 0 Å². The molecule has 0 saturated heterocycles. The van der Waals surface area contributed by atoms with Crippen LogP contribution >= 0.6 is 0 Å². The number of fused-ring (bicyclic) bond motifs is 1. The Morgan fingerprint density at radius 3 is 2.80 bits per heavy atom. The maximum absolute atomic E-state index is 12.3. The normalized spacial score (nSPS) is 10.7. The summed E-state index contributed by atoms with van der Waals surface area (Å²) in [6.45, 7) is 4.10. The number of carbonyl (C=O) groups is 1. The first-order chi connectivity index (χ1) is 12.0. The maximum Gasteiger partial charge on any atom is 0.340 e. The van der Waals surface area contributed by atoms with Crippen LogP contribution in [0, 0.1) is 13.8 Å². The number of carbonyl (C=O) groups excluding carboxylic acids is 1. The summed E-state index contributed by atoms with van der Waals surface area (Å²) in [6.07, 6.45) is 1.76. The lowest BCUT2D eigenvalue weighted by molar-refractivity contribution is 0.0601. The zero-order valence-electron chi connectivity index (χ0n) is 14.4. The van der Waals surface area contributed by atoms with Crippen molar-refractivity contribution in [2.24, 2.45) is 0 Å². The molecule has 1 N–H and O–H groups in total. The molecule has 3 aromatic rings. The minimum atomic E-state index is -0.400. The van der Waals surface area contributed by atoms with Gasteiger partial charge in [0.25, 0.3) is 5.56 Å². The SMILES string of the molecule is COC(=O)c1c(C)cccc1NCc1cc(=O)n2cc(C)ccc2n1. The predicted molar refractivity (Wildman–Crippen MR) is 96.0 cm³/mol. The molecule has 0 spiro atoms. The van der Waals surface area contributed by atoms with E-state index in [-0.39, 0.29) is 5.56 Å². The highest BCUT2D eigenvalue weighted by molar-refractivity contribution is 5.97. The molecule has 2 heterocycles. The average Bonchev–Trinajstić information content (AvgIpc) is 2.60. The fourth-order valence-electron chi connectivity index (χ4n) is 2.72. The molecule has 0 fully saturated rings. The number of anilines is 1. The standard InChI is InChI=1S/C19H19N3O3/c1-12-7-8-16-21-14(9-17(23)22(16)11-12)10-20-15-6-4-5-13(2)18(15)19(24)25-3/h4-9,11,20H,10H2,1-3H3. The molecule has 0 atom stereocenters. The van der Waals surface area contributed by atoms with E-state index >= 15 is 0 Å². The van der Waals surface area contributed by atoms with Crippen LogP contribution in [0.15, 0.2) is 47.4 Å². The lowest BCUT2D eigenvalue weighted by atomic mass is 10.1. The number of ether oxygens (including phenoxy) is 1.